The lowest BCUT2D eigenvalue weighted by Crippen LogP contribution is -2.45. The van der Waals surface area contributed by atoms with Crippen LogP contribution in [0.5, 0.6) is 0 Å². The van der Waals surface area contributed by atoms with Crippen LogP contribution in [0.3, 0.4) is 0 Å². The van der Waals surface area contributed by atoms with E-state index in [9.17, 15) is 9.59 Å². The fraction of sp³-hybridized carbons (Fsp3) is 0.438. The summed E-state index contributed by atoms with van der Waals surface area (Å²) in [4.78, 5) is 23.6. The molecule has 0 heterocycles. The number of nitrogens with one attached hydrogen (secondary N) is 1. The van der Waals surface area contributed by atoms with Gasteiger partial charge in [-0.05, 0) is 38.5 Å². The van der Waals surface area contributed by atoms with E-state index in [1.54, 1.807) is 45.0 Å². The highest BCUT2D eigenvalue weighted by Gasteiger charge is 2.25. The van der Waals surface area contributed by atoms with E-state index >= 15 is 0 Å². The molecule has 1 aromatic carbocycles. The zero-order valence-corrected chi connectivity index (χ0v) is 13.2. The minimum Gasteiger partial charge on any atom is -0.467 e. The number of nitriles is 1. The summed E-state index contributed by atoms with van der Waals surface area (Å²) in [5.41, 5.74) is 0.670. The van der Waals surface area contributed by atoms with Crippen molar-refractivity contribution in [3.05, 3.63) is 35.4 Å². The Labute approximate surface area is 130 Å². The second-order valence-corrected chi connectivity index (χ2v) is 5.73. The van der Waals surface area contributed by atoms with Gasteiger partial charge in [0.15, 0.2) is 0 Å². The molecule has 1 N–H and O–H groups in total. The molecule has 0 fully saturated rings. The molecule has 0 unspecified atom stereocenters. The first-order valence-electron chi connectivity index (χ1n) is 6.81. The molecule has 22 heavy (non-hydrogen) atoms. The summed E-state index contributed by atoms with van der Waals surface area (Å²) in [7, 11) is 1.25. The molecule has 0 aliphatic rings. The third-order valence-corrected chi connectivity index (χ3v) is 2.70. The van der Waals surface area contributed by atoms with Crippen LogP contribution in [0, 0.1) is 11.3 Å². The van der Waals surface area contributed by atoms with E-state index in [0.717, 1.165) is 5.56 Å². The predicted octanol–water partition coefficient (Wildman–Crippen LogP) is 2.17. The van der Waals surface area contributed by atoms with Crippen LogP contribution >= 0.6 is 0 Å². The van der Waals surface area contributed by atoms with Crippen molar-refractivity contribution in [3.63, 3.8) is 0 Å². The van der Waals surface area contributed by atoms with Gasteiger partial charge in [0, 0.05) is 6.42 Å². The number of alkyl carbamates (subject to hydrolysis) is 1. The molecule has 0 saturated heterocycles. The number of hydrogen-bond acceptors (Lipinski definition) is 5. The Balaban J connectivity index is 2.78. The fourth-order valence-electron chi connectivity index (χ4n) is 1.74. The van der Waals surface area contributed by atoms with Gasteiger partial charge >= 0.3 is 12.1 Å². The van der Waals surface area contributed by atoms with Gasteiger partial charge in [-0.2, -0.15) is 5.26 Å². The van der Waals surface area contributed by atoms with Crippen molar-refractivity contribution < 1.29 is 19.1 Å². The van der Waals surface area contributed by atoms with Crippen molar-refractivity contribution >= 4 is 12.1 Å². The van der Waals surface area contributed by atoms with Crippen LogP contribution in [0.25, 0.3) is 0 Å². The van der Waals surface area contributed by atoms with Crippen LogP contribution in [0.15, 0.2) is 24.3 Å². The van der Waals surface area contributed by atoms with Crippen LogP contribution in [0.1, 0.15) is 31.9 Å². The molecule has 0 radical (unpaired) electrons. The SMILES string of the molecule is COC(=O)[C@@H](Cc1ccc(C#N)cc1)NC(=O)OC(C)(C)C. The smallest absolute Gasteiger partial charge is 0.408 e. The standard InChI is InChI=1S/C16H20N2O4/c1-16(2,3)22-15(20)18-13(14(19)21-4)9-11-5-7-12(10-17)8-6-11/h5-8,13H,9H2,1-4H3,(H,18,20)/t13-/m1/s1. The molecule has 0 bridgehead atoms. The molecule has 1 rings (SSSR count). The second kappa shape index (κ2) is 7.46. The molecule has 118 valence electrons. The molecule has 6 heteroatoms. The maximum absolute atomic E-state index is 11.8. The molecule has 0 aliphatic carbocycles. The average Bonchev–Trinajstić information content (AvgIpc) is 2.44. The van der Waals surface area contributed by atoms with Crippen LogP contribution in [0.4, 0.5) is 4.79 Å². The first-order chi connectivity index (χ1) is 10.2. The normalized spacial score (nSPS) is 12.0. The Morgan fingerprint density at radius 2 is 1.86 bits per heavy atom. The number of benzene rings is 1. The number of hydrogen-bond donors (Lipinski definition) is 1. The Morgan fingerprint density at radius 1 is 1.27 bits per heavy atom. The summed E-state index contributed by atoms with van der Waals surface area (Å²) >= 11 is 0. The number of nitrogens with zero attached hydrogens (tertiary/aromatic N) is 1. The number of carbonyl (C=O) groups excluding carboxylic acids is 2. The zero-order valence-electron chi connectivity index (χ0n) is 13.2. The Morgan fingerprint density at radius 3 is 2.32 bits per heavy atom. The van der Waals surface area contributed by atoms with Crippen LogP contribution in [0.2, 0.25) is 0 Å². The molecular weight excluding hydrogens is 284 g/mol. The molecule has 0 spiro atoms. The maximum atomic E-state index is 11.8. The largest absolute Gasteiger partial charge is 0.467 e. The van der Waals surface area contributed by atoms with Gasteiger partial charge in [0.25, 0.3) is 0 Å². The lowest BCUT2D eigenvalue weighted by atomic mass is 10.0. The van der Waals surface area contributed by atoms with E-state index in [2.05, 4.69) is 5.32 Å². The van der Waals surface area contributed by atoms with Crippen molar-refractivity contribution in [2.75, 3.05) is 7.11 Å². The summed E-state index contributed by atoms with van der Waals surface area (Å²) in [5, 5.41) is 11.3. The van der Waals surface area contributed by atoms with Gasteiger partial charge in [-0.25, -0.2) is 9.59 Å². The number of methoxy groups -OCH3 is 1. The molecule has 6 nitrogen and oxygen atoms in total. The number of ether oxygens (including phenoxy) is 2. The van der Waals surface area contributed by atoms with E-state index < -0.39 is 23.7 Å². The minimum absolute atomic E-state index is 0.248. The van der Waals surface area contributed by atoms with Gasteiger partial charge in [0.2, 0.25) is 0 Å². The lowest BCUT2D eigenvalue weighted by molar-refractivity contribution is -0.143. The van der Waals surface area contributed by atoms with E-state index in [-0.39, 0.29) is 6.42 Å². The molecule has 0 aromatic heterocycles. The highest BCUT2D eigenvalue weighted by atomic mass is 16.6. The fourth-order valence-corrected chi connectivity index (χ4v) is 1.74. The highest BCUT2D eigenvalue weighted by Crippen LogP contribution is 2.10. The van der Waals surface area contributed by atoms with Gasteiger partial charge in [-0.3, -0.25) is 0 Å². The van der Waals surface area contributed by atoms with Gasteiger partial charge in [-0.1, -0.05) is 12.1 Å². The predicted molar refractivity (Wildman–Crippen MR) is 80.0 cm³/mol. The molecule has 1 atom stereocenters. The summed E-state index contributed by atoms with van der Waals surface area (Å²) in [6.45, 7) is 5.21. The number of amides is 1. The highest BCUT2D eigenvalue weighted by molar-refractivity contribution is 5.81. The van der Waals surface area contributed by atoms with E-state index in [0.29, 0.717) is 5.56 Å². The van der Waals surface area contributed by atoms with Gasteiger partial charge in [-0.15, -0.1) is 0 Å². The van der Waals surface area contributed by atoms with Crippen LogP contribution in [-0.4, -0.2) is 30.8 Å². The zero-order chi connectivity index (χ0) is 16.8. The Hall–Kier alpha value is -2.55. The van der Waals surface area contributed by atoms with Gasteiger partial charge in [0.1, 0.15) is 11.6 Å². The summed E-state index contributed by atoms with van der Waals surface area (Å²) in [5.74, 6) is -0.560. The topological polar surface area (TPSA) is 88.4 Å². The van der Waals surface area contributed by atoms with E-state index in [1.807, 2.05) is 6.07 Å². The van der Waals surface area contributed by atoms with Crippen molar-refractivity contribution in [1.29, 1.82) is 5.26 Å². The minimum atomic E-state index is -0.854. The number of rotatable bonds is 4. The summed E-state index contributed by atoms with van der Waals surface area (Å²) in [6, 6.07) is 7.92. The third-order valence-electron chi connectivity index (χ3n) is 2.70. The number of carbonyl (C=O) groups is 2. The monoisotopic (exact) mass is 304 g/mol. The Bertz CT molecular complexity index is 567. The Kier molecular flexibility index (Phi) is 5.93. The molecule has 1 aromatic rings. The van der Waals surface area contributed by atoms with E-state index in [1.165, 1.54) is 7.11 Å². The van der Waals surface area contributed by atoms with Crippen molar-refractivity contribution in [1.82, 2.24) is 5.32 Å². The number of esters is 1. The third kappa shape index (κ3) is 5.83. The van der Waals surface area contributed by atoms with Gasteiger partial charge in [0.05, 0.1) is 18.7 Å². The molecular formula is C16H20N2O4. The van der Waals surface area contributed by atoms with Gasteiger partial charge < -0.3 is 14.8 Å². The first-order valence-corrected chi connectivity index (χ1v) is 6.81. The van der Waals surface area contributed by atoms with Crippen LogP contribution in [-0.2, 0) is 20.7 Å². The van der Waals surface area contributed by atoms with Crippen LogP contribution < -0.4 is 5.32 Å². The molecule has 1 amide bonds. The lowest BCUT2D eigenvalue weighted by Gasteiger charge is -2.22. The average molecular weight is 304 g/mol. The van der Waals surface area contributed by atoms with Crippen molar-refractivity contribution in [2.24, 2.45) is 0 Å². The molecule has 0 saturated carbocycles. The van der Waals surface area contributed by atoms with E-state index in [4.69, 9.17) is 14.7 Å². The maximum Gasteiger partial charge on any atom is 0.408 e. The second-order valence-electron chi connectivity index (χ2n) is 5.73. The quantitative estimate of drug-likeness (QED) is 0.861. The van der Waals surface area contributed by atoms with Crippen molar-refractivity contribution in [3.8, 4) is 6.07 Å². The molecule has 0 aliphatic heterocycles. The summed E-state index contributed by atoms with van der Waals surface area (Å²) < 4.78 is 9.84. The van der Waals surface area contributed by atoms with Crippen molar-refractivity contribution in [2.45, 2.75) is 38.8 Å². The first kappa shape index (κ1) is 17.5. The summed E-state index contributed by atoms with van der Waals surface area (Å²) in [6.07, 6.45) is -0.436.